The normalized spacial score (nSPS) is 10.8. The number of anilines is 1. The monoisotopic (exact) mass is 342 g/mol. The molecule has 2 N–H and O–H groups in total. The molecule has 2 aromatic carbocycles. The van der Waals surface area contributed by atoms with Crippen LogP contribution in [-0.4, -0.2) is 19.0 Å². The fraction of sp³-hybridized carbons (Fsp3) is 0.211. The van der Waals surface area contributed by atoms with Crippen LogP contribution in [0.4, 0.5) is 5.69 Å². The third-order valence-corrected chi connectivity index (χ3v) is 4.08. The van der Waals surface area contributed by atoms with Crippen LogP contribution in [0, 0.1) is 6.92 Å². The Balaban J connectivity index is 1.53. The Morgan fingerprint density at radius 3 is 2.71 bits per heavy atom. The van der Waals surface area contributed by atoms with Gasteiger partial charge in [0.05, 0.1) is 0 Å². The molecule has 0 spiro atoms. The molecule has 0 aliphatic carbocycles. The first-order valence-corrected chi connectivity index (χ1v) is 8.29. The number of carbonyl (C=O) groups excluding carboxylic acids is 1. The highest BCUT2D eigenvalue weighted by atomic mass is 35.5. The third kappa shape index (κ3) is 3.71. The van der Waals surface area contributed by atoms with Crippen LogP contribution in [0.5, 0.6) is 0 Å². The van der Waals surface area contributed by atoms with E-state index < -0.39 is 0 Å². The van der Waals surface area contributed by atoms with Gasteiger partial charge in [-0.2, -0.15) is 0 Å². The predicted molar refractivity (Wildman–Crippen MR) is 97.8 cm³/mol. The number of rotatable bonds is 6. The second kappa shape index (κ2) is 7.41. The van der Waals surface area contributed by atoms with Gasteiger partial charge in [0, 0.05) is 34.7 Å². The molecule has 0 saturated heterocycles. The third-order valence-electron chi connectivity index (χ3n) is 3.85. The molecule has 4 nitrogen and oxygen atoms in total. The van der Waals surface area contributed by atoms with Crippen LogP contribution < -0.4 is 10.6 Å². The molecule has 0 unspecified atom stereocenters. The number of aryl methyl sites for hydroxylation is 1. The number of amides is 1. The lowest BCUT2D eigenvalue weighted by Crippen LogP contribution is -2.26. The van der Waals surface area contributed by atoms with Gasteiger partial charge in [0.2, 0.25) is 0 Å². The number of hydrogen-bond donors (Lipinski definition) is 2. The minimum absolute atomic E-state index is 0.195. The van der Waals surface area contributed by atoms with Gasteiger partial charge in [-0.1, -0.05) is 29.8 Å². The number of hydrogen-bond acceptors (Lipinski definition) is 3. The first-order valence-electron chi connectivity index (χ1n) is 7.91. The summed E-state index contributed by atoms with van der Waals surface area (Å²) in [6.45, 7) is 3.24. The molecular formula is C19H19ClN2O2. The molecular weight excluding hydrogens is 324 g/mol. The first-order chi connectivity index (χ1) is 11.6. The molecule has 1 heterocycles. The molecule has 0 aliphatic rings. The summed E-state index contributed by atoms with van der Waals surface area (Å²) in [6.07, 6.45) is 0.825. The summed E-state index contributed by atoms with van der Waals surface area (Å²) in [6, 6.07) is 15.3. The maximum absolute atomic E-state index is 12.3. The molecule has 1 amide bonds. The van der Waals surface area contributed by atoms with Crippen molar-refractivity contribution in [1.82, 2.24) is 5.32 Å². The molecule has 0 saturated carbocycles. The zero-order valence-electron chi connectivity index (χ0n) is 13.4. The smallest absolute Gasteiger partial charge is 0.287 e. The van der Waals surface area contributed by atoms with Gasteiger partial charge in [-0.3, -0.25) is 4.79 Å². The highest BCUT2D eigenvalue weighted by Crippen LogP contribution is 2.27. The first kappa shape index (κ1) is 16.4. The summed E-state index contributed by atoms with van der Waals surface area (Å²) in [5.41, 5.74) is 2.56. The van der Waals surface area contributed by atoms with Crippen LogP contribution in [0.2, 0.25) is 5.02 Å². The van der Waals surface area contributed by atoms with Crippen molar-refractivity contribution in [3.8, 4) is 0 Å². The molecule has 0 bridgehead atoms. The molecule has 124 valence electrons. The van der Waals surface area contributed by atoms with Gasteiger partial charge in [0.1, 0.15) is 5.58 Å². The van der Waals surface area contributed by atoms with E-state index in [9.17, 15) is 4.79 Å². The summed E-state index contributed by atoms with van der Waals surface area (Å²) in [5, 5.41) is 7.71. The molecule has 1 aromatic heterocycles. The van der Waals surface area contributed by atoms with E-state index in [0.717, 1.165) is 29.6 Å². The van der Waals surface area contributed by atoms with E-state index in [1.54, 1.807) is 12.1 Å². The van der Waals surface area contributed by atoms with Gasteiger partial charge in [0.25, 0.3) is 5.91 Å². The van der Waals surface area contributed by atoms with Gasteiger partial charge in [-0.25, -0.2) is 0 Å². The lowest BCUT2D eigenvalue weighted by molar-refractivity contribution is 0.0927. The fourth-order valence-electron chi connectivity index (χ4n) is 2.57. The van der Waals surface area contributed by atoms with Crippen molar-refractivity contribution in [2.75, 3.05) is 18.4 Å². The van der Waals surface area contributed by atoms with Crippen molar-refractivity contribution in [2.24, 2.45) is 0 Å². The van der Waals surface area contributed by atoms with E-state index in [0.29, 0.717) is 22.9 Å². The van der Waals surface area contributed by atoms with Crippen LogP contribution in [0.3, 0.4) is 0 Å². The van der Waals surface area contributed by atoms with Gasteiger partial charge >= 0.3 is 0 Å². The Hall–Kier alpha value is -2.46. The summed E-state index contributed by atoms with van der Waals surface area (Å²) >= 11 is 6.00. The van der Waals surface area contributed by atoms with Gasteiger partial charge in [0.15, 0.2) is 5.76 Å². The van der Waals surface area contributed by atoms with E-state index in [1.165, 1.54) is 0 Å². The van der Waals surface area contributed by atoms with Crippen LogP contribution in [0.25, 0.3) is 11.0 Å². The Labute approximate surface area is 145 Å². The lowest BCUT2D eigenvalue weighted by atomic mass is 10.1. The van der Waals surface area contributed by atoms with Gasteiger partial charge in [-0.05, 0) is 43.7 Å². The fourth-order valence-corrected chi connectivity index (χ4v) is 2.74. The quantitative estimate of drug-likeness (QED) is 0.642. The van der Waals surface area contributed by atoms with E-state index in [4.69, 9.17) is 16.0 Å². The van der Waals surface area contributed by atoms with Crippen molar-refractivity contribution in [3.05, 3.63) is 64.9 Å². The average molecular weight is 343 g/mol. The minimum Gasteiger partial charge on any atom is -0.451 e. The van der Waals surface area contributed by atoms with Crippen molar-refractivity contribution in [2.45, 2.75) is 13.3 Å². The largest absolute Gasteiger partial charge is 0.451 e. The summed E-state index contributed by atoms with van der Waals surface area (Å²) in [4.78, 5) is 12.3. The predicted octanol–water partition coefficient (Wildman–Crippen LogP) is 4.63. The molecule has 3 rings (SSSR count). The SMILES string of the molecule is Cc1c(C(=O)NCCCNc2ccccc2)oc2ccc(Cl)cc12. The van der Waals surface area contributed by atoms with E-state index in [2.05, 4.69) is 10.6 Å². The number of fused-ring (bicyclic) bond motifs is 1. The topological polar surface area (TPSA) is 54.3 Å². The summed E-state index contributed by atoms with van der Waals surface area (Å²) in [5.74, 6) is 0.155. The maximum Gasteiger partial charge on any atom is 0.287 e. The van der Waals surface area contributed by atoms with Crippen molar-refractivity contribution < 1.29 is 9.21 Å². The molecule has 24 heavy (non-hydrogen) atoms. The van der Waals surface area contributed by atoms with Crippen LogP contribution in [0.15, 0.2) is 52.9 Å². The lowest BCUT2D eigenvalue weighted by Gasteiger charge is -2.07. The van der Waals surface area contributed by atoms with Crippen molar-refractivity contribution in [1.29, 1.82) is 0 Å². The van der Waals surface area contributed by atoms with Gasteiger partial charge in [-0.15, -0.1) is 0 Å². The van der Waals surface area contributed by atoms with E-state index in [1.807, 2.05) is 43.3 Å². The summed E-state index contributed by atoms with van der Waals surface area (Å²) < 4.78 is 5.66. The molecule has 5 heteroatoms. The van der Waals surface area contributed by atoms with Gasteiger partial charge < -0.3 is 15.1 Å². The Morgan fingerprint density at radius 1 is 1.12 bits per heavy atom. The zero-order chi connectivity index (χ0) is 16.9. The maximum atomic E-state index is 12.3. The Morgan fingerprint density at radius 2 is 1.92 bits per heavy atom. The molecule has 0 radical (unpaired) electrons. The number of nitrogens with one attached hydrogen (secondary N) is 2. The Bertz CT molecular complexity index is 843. The molecule has 3 aromatic rings. The number of para-hydroxylation sites is 1. The molecule has 0 atom stereocenters. The van der Waals surface area contributed by atoms with Crippen molar-refractivity contribution >= 4 is 34.2 Å². The molecule has 0 fully saturated rings. The number of benzene rings is 2. The highest BCUT2D eigenvalue weighted by Gasteiger charge is 2.17. The summed E-state index contributed by atoms with van der Waals surface area (Å²) in [7, 11) is 0. The standard InChI is InChI=1S/C19H19ClN2O2/c1-13-16-12-14(20)8-9-17(16)24-18(13)19(23)22-11-5-10-21-15-6-3-2-4-7-15/h2-4,6-9,12,21H,5,10-11H2,1H3,(H,22,23). The van der Waals surface area contributed by atoms with Crippen LogP contribution in [-0.2, 0) is 0 Å². The molecule has 0 aliphatic heterocycles. The van der Waals surface area contributed by atoms with E-state index in [-0.39, 0.29) is 5.91 Å². The number of furan rings is 1. The zero-order valence-corrected chi connectivity index (χ0v) is 14.2. The number of halogens is 1. The average Bonchev–Trinajstić information content (AvgIpc) is 2.92. The van der Waals surface area contributed by atoms with Crippen LogP contribution in [0.1, 0.15) is 22.5 Å². The number of carbonyl (C=O) groups is 1. The van der Waals surface area contributed by atoms with E-state index >= 15 is 0 Å². The highest BCUT2D eigenvalue weighted by molar-refractivity contribution is 6.31. The minimum atomic E-state index is -0.195. The Kier molecular flexibility index (Phi) is 5.06. The second-order valence-electron chi connectivity index (χ2n) is 5.60. The van der Waals surface area contributed by atoms with Crippen molar-refractivity contribution in [3.63, 3.8) is 0 Å². The van der Waals surface area contributed by atoms with Crippen LogP contribution >= 0.6 is 11.6 Å². The second-order valence-corrected chi connectivity index (χ2v) is 6.04.